The van der Waals surface area contributed by atoms with Gasteiger partial charge in [0.1, 0.15) is 9.71 Å². The zero-order valence-electron chi connectivity index (χ0n) is 12.7. The van der Waals surface area contributed by atoms with Gasteiger partial charge in [0.2, 0.25) is 0 Å². The smallest absolute Gasteiger partial charge is 0.348 e. The molecule has 3 N–H and O–H groups in total. The summed E-state index contributed by atoms with van der Waals surface area (Å²) in [5, 5.41) is 10.2. The fourth-order valence-corrected chi connectivity index (χ4v) is 4.96. The molecule has 0 spiro atoms. The molecule has 1 aliphatic rings. The largest absolute Gasteiger partial charge is 0.477 e. The quantitative estimate of drug-likeness (QED) is 0.735. The second-order valence-corrected chi connectivity index (χ2v) is 8.28. The maximum Gasteiger partial charge on any atom is 0.348 e. The average Bonchev–Trinajstić information content (AvgIpc) is 3.18. The van der Waals surface area contributed by atoms with Gasteiger partial charge < -0.3 is 10.8 Å². The van der Waals surface area contributed by atoms with E-state index in [-0.39, 0.29) is 10.3 Å². The number of carboxylic acid groups (broad SMARTS) is 1. The molecule has 0 bridgehead atoms. The number of anilines is 1. The number of pyridine rings is 1. The third-order valence-corrected chi connectivity index (χ3v) is 6.37. The fourth-order valence-electron chi connectivity index (χ4n) is 3.32. The Morgan fingerprint density at radius 2 is 2.22 bits per heavy atom. The standard InChI is InChI=1S/C16H15N3O2S2/c1-16(2)4-3-7-9(8-5-18-6-22-8)10-11(17)12(15(20)21)23-14(10)19-13(7)16/h5-6H,3-4,17H2,1-2H3,(H,20,21). The molecule has 3 heterocycles. The van der Waals surface area contributed by atoms with Crippen molar-refractivity contribution in [1.29, 1.82) is 0 Å². The van der Waals surface area contributed by atoms with E-state index in [9.17, 15) is 9.90 Å². The predicted molar refractivity (Wildman–Crippen MR) is 93.4 cm³/mol. The van der Waals surface area contributed by atoms with Crippen LogP contribution in [-0.4, -0.2) is 21.0 Å². The number of carboxylic acids is 1. The number of hydrogen-bond donors (Lipinski definition) is 2. The first-order chi connectivity index (χ1) is 10.9. The van der Waals surface area contributed by atoms with E-state index in [4.69, 9.17) is 10.7 Å². The number of rotatable bonds is 2. The average molecular weight is 345 g/mol. The van der Waals surface area contributed by atoms with Gasteiger partial charge in [-0.05, 0) is 18.4 Å². The van der Waals surface area contributed by atoms with Gasteiger partial charge in [-0.3, -0.25) is 4.98 Å². The van der Waals surface area contributed by atoms with E-state index in [0.717, 1.165) is 45.7 Å². The summed E-state index contributed by atoms with van der Waals surface area (Å²) in [4.78, 5) is 22.3. The van der Waals surface area contributed by atoms with Gasteiger partial charge in [-0.1, -0.05) is 13.8 Å². The normalized spacial score (nSPS) is 15.9. The number of fused-ring (bicyclic) bond motifs is 2. The van der Waals surface area contributed by atoms with E-state index in [2.05, 4.69) is 18.8 Å². The van der Waals surface area contributed by atoms with E-state index < -0.39 is 5.97 Å². The van der Waals surface area contributed by atoms with Crippen molar-refractivity contribution in [1.82, 2.24) is 9.97 Å². The minimum Gasteiger partial charge on any atom is -0.477 e. The lowest BCUT2D eigenvalue weighted by Gasteiger charge is -2.18. The van der Waals surface area contributed by atoms with Crippen LogP contribution < -0.4 is 5.73 Å². The Kier molecular flexibility index (Phi) is 3.01. The van der Waals surface area contributed by atoms with Crippen LogP contribution in [0.1, 0.15) is 41.2 Å². The first-order valence-corrected chi connectivity index (χ1v) is 8.97. The molecule has 4 rings (SSSR count). The summed E-state index contributed by atoms with van der Waals surface area (Å²) in [6.45, 7) is 4.37. The number of thiazole rings is 1. The Bertz CT molecular complexity index is 942. The number of nitrogens with two attached hydrogens (primary N) is 1. The van der Waals surface area contributed by atoms with Crippen molar-refractivity contribution in [3.8, 4) is 10.4 Å². The Hall–Kier alpha value is -1.99. The van der Waals surface area contributed by atoms with Gasteiger partial charge in [0.05, 0.1) is 21.8 Å². The van der Waals surface area contributed by atoms with Crippen LogP contribution in [0.25, 0.3) is 20.7 Å². The van der Waals surface area contributed by atoms with Gasteiger partial charge in [-0.2, -0.15) is 0 Å². The van der Waals surface area contributed by atoms with Crippen molar-refractivity contribution < 1.29 is 9.90 Å². The highest BCUT2D eigenvalue weighted by Gasteiger charge is 2.36. The summed E-state index contributed by atoms with van der Waals surface area (Å²) in [7, 11) is 0. The minimum atomic E-state index is -1.000. The Morgan fingerprint density at radius 1 is 1.43 bits per heavy atom. The second-order valence-electron chi connectivity index (χ2n) is 6.39. The highest BCUT2D eigenvalue weighted by Crippen LogP contribution is 2.49. The zero-order chi connectivity index (χ0) is 16.4. The van der Waals surface area contributed by atoms with Crippen LogP contribution >= 0.6 is 22.7 Å². The van der Waals surface area contributed by atoms with Crippen LogP contribution in [0, 0.1) is 0 Å². The molecule has 23 heavy (non-hydrogen) atoms. The minimum absolute atomic E-state index is 0.00883. The third kappa shape index (κ3) is 2.00. The van der Waals surface area contributed by atoms with Crippen molar-refractivity contribution in [2.24, 2.45) is 0 Å². The maximum atomic E-state index is 11.5. The highest BCUT2D eigenvalue weighted by atomic mass is 32.1. The Balaban J connectivity index is 2.17. The molecule has 0 unspecified atom stereocenters. The molecule has 118 valence electrons. The number of aromatic carboxylic acids is 1. The molecular weight excluding hydrogens is 330 g/mol. The van der Waals surface area contributed by atoms with Crippen LogP contribution in [-0.2, 0) is 11.8 Å². The lowest BCUT2D eigenvalue weighted by molar-refractivity contribution is 0.0703. The van der Waals surface area contributed by atoms with Gasteiger partial charge in [-0.15, -0.1) is 22.7 Å². The van der Waals surface area contributed by atoms with Crippen LogP contribution in [0.15, 0.2) is 11.7 Å². The molecule has 3 aromatic heterocycles. The zero-order valence-corrected chi connectivity index (χ0v) is 14.3. The number of carbonyl (C=O) groups is 1. The Morgan fingerprint density at radius 3 is 2.87 bits per heavy atom. The summed E-state index contributed by atoms with van der Waals surface area (Å²) in [5.41, 5.74) is 11.6. The van der Waals surface area contributed by atoms with E-state index >= 15 is 0 Å². The van der Waals surface area contributed by atoms with Crippen molar-refractivity contribution in [2.75, 3.05) is 5.73 Å². The number of nitrogen functional groups attached to an aromatic ring is 1. The number of hydrogen-bond acceptors (Lipinski definition) is 6. The molecule has 0 aromatic carbocycles. The highest BCUT2D eigenvalue weighted by molar-refractivity contribution is 7.21. The summed E-state index contributed by atoms with van der Waals surface area (Å²) in [6.07, 6.45) is 3.78. The number of nitrogens with zero attached hydrogens (tertiary/aromatic N) is 2. The predicted octanol–water partition coefficient (Wildman–Crippen LogP) is 3.92. The van der Waals surface area contributed by atoms with E-state index in [1.807, 2.05) is 6.20 Å². The van der Waals surface area contributed by atoms with Crippen LogP contribution in [0.4, 0.5) is 5.69 Å². The molecule has 0 saturated carbocycles. The van der Waals surface area contributed by atoms with Crippen LogP contribution in [0.2, 0.25) is 0 Å². The lowest BCUT2D eigenvalue weighted by atomic mass is 9.90. The van der Waals surface area contributed by atoms with E-state index in [1.54, 1.807) is 16.8 Å². The topological polar surface area (TPSA) is 89.1 Å². The van der Waals surface area contributed by atoms with Gasteiger partial charge in [0, 0.05) is 22.6 Å². The molecule has 0 aliphatic heterocycles. The summed E-state index contributed by atoms with van der Waals surface area (Å²) < 4.78 is 0. The number of thiophene rings is 1. The van der Waals surface area contributed by atoms with Crippen molar-refractivity contribution >= 4 is 44.5 Å². The maximum absolute atomic E-state index is 11.5. The SMILES string of the molecule is CC1(C)CCc2c1nc1sc(C(=O)O)c(N)c1c2-c1cncs1. The van der Waals surface area contributed by atoms with Gasteiger partial charge in [0.25, 0.3) is 0 Å². The van der Waals surface area contributed by atoms with Crippen LogP contribution in [0.5, 0.6) is 0 Å². The van der Waals surface area contributed by atoms with Gasteiger partial charge >= 0.3 is 5.97 Å². The molecule has 0 saturated heterocycles. The monoisotopic (exact) mass is 345 g/mol. The Labute approximate surface area is 140 Å². The molecule has 1 aliphatic carbocycles. The van der Waals surface area contributed by atoms with E-state index in [0.29, 0.717) is 10.5 Å². The molecular formula is C16H15N3O2S2. The molecule has 0 atom stereocenters. The second kappa shape index (κ2) is 4.75. The lowest BCUT2D eigenvalue weighted by Crippen LogP contribution is -2.14. The number of aromatic nitrogens is 2. The molecule has 0 amide bonds. The first kappa shape index (κ1) is 14.6. The summed E-state index contributed by atoms with van der Waals surface area (Å²) in [5.74, 6) is -1.000. The van der Waals surface area contributed by atoms with E-state index in [1.165, 1.54) is 5.56 Å². The molecule has 0 radical (unpaired) electrons. The first-order valence-electron chi connectivity index (χ1n) is 7.27. The van der Waals surface area contributed by atoms with Gasteiger partial charge in [0.15, 0.2) is 0 Å². The van der Waals surface area contributed by atoms with Crippen molar-refractivity contribution in [2.45, 2.75) is 32.1 Å². The summed E-state index contributed by atoms with van der Waals surface area (Å²) >= 11 is 2.70. The van der Waals surface area contributed by atoms with Crippen molar-refractivity contribution in [3.63, 3.8) is 0 Å². The fraction of sp³-hybridized carbons (Fsp3) is 0.312. The molecule has 0 fully saturated rings. The summed E-state index contributed by atoms with van der Waals surface area (Å²) in [6, 6.07) is 0. The molecule has 3 aromatic rings. The molecule has 5 nitrogen and oxygen atoms in total. The van der Waals surface area contributed by atoms with Gasteiger partial charge in [-0.25, -0.2) is 9.78 Å². The third-order valence-electron chi connectivity index (χ3n) is 4.49. The molecule has 7 heteroatoms. The van der Waals surface area contributed by atoms with Crippen LogP contribution in [0.3, 0.4) is 0 Å². The van der Waals surface area contributed by atoms with Crippen molar-refractivity contribution in [3.05, 3.63) is 27.8 Å².